The molecule has 0 saturated carbocycles. The summed E-state index contributed by atoms with van der Waals surface area (Å²) in [5.74, 6) is 1.24. The molecule has 0 aromatic heterocycles. The van der Waals surface area contributed by atoms with Crippen molar-refractivity contribution in [3.63, 3.8) is 0 Å². The normalized spacial score (nSPS) is 14.2. The molecule has 166 valence electrons. The SMILES string of the molecule is COc1ccc(Cl)cc1C(=O)NC1CCN(C(=O)CCCOc2ccc(C)cc2)CC1. The molecule has 0 bridgehead atoms. The average Bonchev–Trinajstić information content (AvgIpc) is 2.78. The maximum atomic E-state index is 12.6. The Bertz CT molecular complexity index is 893. The lowest BCUT2D eigenvalue weighted by molar-refractivity contribution is -0.132. The number of aryl methyl sites for hydroxylation is 1. The summed E-state index contributed by atoms with van der Waals surface area (Å²) >= 11 is 6.02. The van der Waals surface area contributed by atoms with Gasteiger partial charge in [0.25, 0.3) is 5.91 Å². The summed E-state index contributed by atoms with van der Waals surface area (Å²) < 4.78 is 10.9. The highest BCUT2D eigenvalue weighted by molar-refractivity contribution is 6.31. The van der Waals surface area contributed by atoms with Gasteiger partial charge in [-0.05, 0) is 56.5 Å². The maximum absolute atomic E-state index is 12.6. The second kappa shape index (κ2) is 11.0. The Morgan fingerprint density at radius 3 is 2.52 bits per heavy atom. The standard InChI is InChI=1S/C24H29ClN2O4/c1-17-5-8-20(9-6-17)31-15-3-4-23(28)27-13-11-19(12-14-27)26-24(29)21-16-18(25)7-10-22(21)30-2/h5-10,16,19H,3-4,11-15H2,1-2H3,(H,26,29). The number of halogens is 1. The van der Waals surface area contributed by atoms with Gasteiger partial charge in [0.1, 0.15) is 11.5 Å². The van der Waals surface area contributed by atoms with Crippen LogP contribution in [0.15, 0.2) is 42.5 Å². The first-order valence-electron chi connectivity index (χ1n) is 10.6. The van der Waals surface area contributed by atoms with Crippen molar-refractivity contribution in [2.24, 2.45) is 0 Å². The monoisotopic (exact) mass is 444 g/mol. The third kappa shape index (κ3) is 6.62. The van der Waals surface area contributed by atoms with Crippen molar-refractivity contribution in [1.29, 1.82) is 0 Å². The van der Waals surface area contributed by atoms with Crippen LogP contribution in [0.1, 0.15) is 41.6 Å². The molecule has 1 heterocycles. The molecule has 0 unspecified atom stereocenters. The fourth-order valence-electron chi connectivity index (χ4n) is 3.60. The van der Waals surface area contributed by atoms with Crippen LogP contribution in [-0.2, 0) is 4.79 Å². The summed E-state index contributed by atoms with van der Waals surface area (Å²) in [6, 6.07) is 12.9. The van der Waals surface area contributed by atoms with Crippen LogP contribution in [0.25, 0.3) is 0 Å². The molecule has 1 fully saturated rings. The average molecular weight is 445 g/mol. The number of hydrogen-bond acceptors (Lipinski definition) is 4. The van der Waals surface area contributed by atoms with Crippen LogP contribution in [0.3, 0.4) is 0 Å². The van der Waals surface area contributed by atoms with Crippen molar-refractivity contribution in [3.8, 4) is 11.5 Å². The van der Waals surface area contributed by atoms with E-state index < -0.39 is 0 Å². The topological polar surface area (TPSA) is 67.9 Å². The third-order valence-corrected chi connectivity index (χ3v) is 5.65. The number of benzene rings is 2. The number of nitrogens with one attached hydrogen (secondary N) is 1. The predicted octanol–water partition coefficient (Wildman–Crippen LogP) is 4.24. The number of methoxy groups -OCH3 is 1. The zero-order chi connectivity index (χ0) is 22.2. The van der Waals surface area contributed by atoms with E-state index in [-0.39, 0.29) is 17.9 Å². The van der Waals surface area contributed by atoms with Crippen molar-refractivity contribution in [1.82, 2.24) is 10.2 Å². The molecular weight excluding hydrogens is 416 g/mol. The molecule has 31 heavy (non-hydrogen) atoms. The molecule has 0 atom stereocenters. The van der Waals surface area contributed by atoms with Gasteiger partial charge in [0, 0.05) is 30.6 Å². The first-order valence-corrected chi connectivity index (χ1v) is 11.0. The van der Waals surface area contributed by atoms with Gasteiger partial charge in [0.05, 0.1) is 19.3 Å². The number of likely N-dealkylation sites (tertiary alicyclic amines) is 1. The Kier molecular flexibility index (Phi) is 8.18. The minimum Gasteiger partial charge on any atom is -0.496 e. The zero-order valence-electron chi connectivity index (χ0n) is 18.0. The second-order valence-electron chi connectivity index (χ2n) is 7.74. The number of rotatable bonds is 8. The Morgan fingerprint density at radius 2 is 1.84 bits per heavy atom. The third-order valence-electron chi connectivity index (χ3n) is 5.41. The van der Waals surface area contributed by atoms with E-state index in [1.807, 2.05) is 36.1 Å². The van der Waals surface area contributed by atoms with Crippen LogP contribution < -0.4 is 14.8 Å². The number of hydrogen-bond donors (Lipinski definition) is 1. The molecule has 2 aromatic rings. The number of piperidine rings is 1. The molecule has 6 nitrogen and oxygen atoms in total. The van der Waals surface area contributed by atoms with E-state index in [4.69, 9.17) is 21.1 Å². The van der Waals surface area contributed by atoms with Crippen molar-refractivity contribution in [2.75, 3.05) is 26.8 Å². The number of ether oxygens (including phenoxy) is 2. The molecule has 2 aromatic carbocycles. The van der Waals surface area contributed by atoms with Gasteiger partial charge in [-0.25, -0.2) is 0 Å². The summed E-state index contributed by atoms with van der Waals surface area (Å²) in [5.41, 5.74) is 1.61. The fourth-order valence-corrected chi connectivity index (χ4v) is 3.77. The van der Waals surface area contributed by atoms with Crippen LogP contribution in [0.4, 0.5) is 0 Å². The number of nitrogens with zero attached hydrogens (tertiary/aromatic N) is 1. The Balaban J connectivity index is 1.39. The summed E-state index contributed by atoms with van der Waals surface area (Å²) in [7, 11) is 1.52. The van der Waals surface area contributed by atoms with E-state index in [9.17, 15) is 9.59 Å². The fraction of sp³-hybridized carbons (Fsp3) is 0.417. The second-order valence-corrected chi connectivity index (χ2v) is 8.17. The number of amides is 2. The van der Waals surface area contributed by atoms with Gasteiger partial charge in [-0.15, -0.1) is 0 Å². The minimum absolute atomic E-state index is 0.0186. The van der Waals surface area contributed by atoms with Gasteiger partial charge >= 0.3 is 0 Å². The summed E-state index contributed by atoms with van der Waals surface area (Å²) in [5, 5.41) is 3.52. The summed E-state index contributed by atoms with van der Waals surface area (Å²) in [6.45, 7) is 3.82. The molecule has 0 spiro atoms. The lowest BCUT2D eigenvalue weighted by Gasteiger charge is -2.32. The molecule has 1 saturated heterocycles. The van der Waals surface area contributed by atoms with Gasteiger partial charge < -0.3 is 19.7 Å². The maximum Gasteiger partial charge on any atom is 0.255 e. The summed E-state index contributed by atoms with van der Waals surface area (Å²) in [4.78, 5) is 27.0. The number of carbonyl (C=O) groups is 2. The van der Waals surface area contributed by atoms with Gasteiger partial charge in [-0.2, -0.15) is 0 Å². The molecule has 1 aliphatic rings. The lowest BCUT2D eigenvalue weighted by Crippen LogP contribution is -2.46. The quantitative estimate of drug-likeness (QED) is 0.618. The Hall–Kier alpha value is -2.73. The van der Waals surface area contributed by atoms with Gasteiger partial charge in [-0.1, -0.05) is 29.3 Å². The number of carbonyl (C=O) groups excluding carboxylic acids is 2. The molecule has 1 N–H and O–H groups in total. The minimum atomic E-state index is -0.211. The van der Waals surface area contributed by atoms with E-state index in [0.29, 0.717) is 48.9 Å². The molecule has 1 aliphatic heterocycles. The first-order chi connectivity index (χ1) is 15.0. The zero-order valence-corrected chi connectivity index (χ0v) is 18.8. The largest absolute Gasteiger partial charge is 0.496 e. The summed E-state index contributed by atoms with van der Waals surface area (Å²) in [6.07, 6.45) is 2.58. The van der Waals surface area contributed by atoms with E-state index in [2.05, 4.69) is 5.32 Å². The van der Waals surface area contributed by atoms with Gasteiger partial charge in [0.2, 0.25) is 5.91 Å². The highest BCUT2D eigenvalue weighted by Gasteiger charge is 2.25. The Morgan fingerprint density at radius 1 is 1.13 bits per heavy atom. The molecule has 7 heteroatoms. The highest BCUT2D eigenvalue weighted by Crippen LogP contribution is 2.23. The lowest BCUT2D eigenvalue weighted by atomic mass is 10.0. The molecular formula is C24H29ClN2O4. The van der Waals surface area contributed by atoms with Gasteiger partial charge in [0.15, 0.2) is 0 Å². The van der Waals surface area contributed by atoms with Crippen LogP contribution in [0.5, 0.6) is 11.5 Å². The molecule has 0 aliphatic carbocycles. The van der Waals surface area contributed by atoms with Crippen molar-refractivity contribution >= 4 is 23.4 Å². The van der Waals surface area contributed by atoms with Crippen LogP contribution in [-0.4, -0.2) is 49.6 Å². The van der Waals surface area contributed by atoms with Crippen molar-refractivity contribution < 1.29 is 19.1 Å². The predicted molar refractivity (Wildman–Crippen MR) is 121 cm³/mol. The smallest absolute Gasteiger partial charge is 0.255 e. The molecule has 0 radical (unpaired) electrons. The van der Waals surface area contributed by atoms with E-state index >= 15 is 0 Å². The van der Waals surface area contributed by atoms with Crippen molar-refractivity contribution in [3.05, 3.63) is 58.6 Å². The Labute approximate surface area is 188 Å². The van der Waals surface area contributed by atoms with Gasteiger partial charge in [-0.3, -0.25) is 9.59 Å². The van der Waals surface area contributed by atoms with Crippen LogP contribution in [0.2, 0.25) is 5.02 Å². The highest BCUT2D eigenvalue weighted by atomic mass is 35.5. The van der Waals surface area contributed by atoms with E-state index in [0.717, 1.165) is 18.6 Å². The first kappa shape index (κ1) is 22.9. The van der Waals surface area contributed by atoms with Crippen LogP contribution in [0, 0.1) is 6.92 Å². The van der Waals surface area contributed by atoms with Crippen LogP contribution >= 0.6 is 11.6 Å². The molecule has 3 rings (SSSR count). The van der Waals surface area contributed by atoms with Crippen molar-refractivity contribution in [2.45, 2.75) is 38.6 Å². The van der Waals surface area contributed by atoms with E-state index in [1.54, 1.807) is 18.2 Å². The van der Waals surface area contributed by atoms with E-state index in [1.165, 1.54) is 12.7 Å². The molecule has 2 amide bonds.